The van der Waals surface area contributed by atoms with Crippen molar-refractivity contribution in [2.24, 2.45) is 0 Å². The van der Waals surface area contributed by atoms with Crippen LogP contribution >= 0.6 is 11.3 Å². The van der Waals surface area contributed by atoms with E-state index in [1.807, 2.05) is 54.6 Å². The molecule has 0 atom stereocenters. The summed E-state index contributed by atoms with van der Waals surface area (Å²) in [6.07, 6.45) is 1.79. The van der Waals surface area contributed by atoms with Gasteiger partial charge in [-0.05, 0) is 42.5 Å². The van der Waals surface area contributed by atoms with Crippen molar-refractivity contribution >= 4 is 112 Å². The molecule has 0 aliphatic rings. The summed E-state index contributed by atoms with van der Waals surface area (Å²) in [5.74, 6) is 0.214. The van der Waals surface area contributed by atoms with Crippen molar-refractivity contribution in [3.8, 4) is 27.6 Å². The number of hydrogen-bond acceptors (Lipinski definition) is 5. The molecule has 0 aliphatic carbocycles. The van der Waals surface area contributed by atoms with E-state index in [0.717, 1.165) is 48.3 Å². The first kappa shape index (κ1) is 21.1. The van der Waals surface area contributed by atoms with Gasteiger partial charge in [0.25, 0.3) is 0 Å². The van der Waals surface area contributed by atoms with Gasteiger partial charge in [-0.25, -0.2) is 9.97 Å². The molecule has 3 heterocycles. The molecule has 3 aromatic carbocycles. The molecule has 6 heteroatoms. The summed E-state index contributed by atoms with van der Waals surface area (Å²) >= 11 is 1.57. The zero-order valence-electron chi connectivity index (χ0n) is 15.8. The number of para-hydroxylation sites is 1. The van der Waals surface area contributed by atoms with Gasteiger partial charge in [0.2, 0.25) is 0 Å². The molecule has 31 heavy (non-hydrogen) atoms. The minimum absolute atomic E-state index is 0. The predicted octanol–water partition coefficient (Wildman–Crippen LogP) is 5.78. The molecule has 0 spiro atoms. The van der Waals surface area contributed by atoms with Crippen molar-refractivity contribution < 1.29 is 5.11 Å². The van der Waals surface area contributed by atoms with Gasteiger partial charge < -0.3 is 5.11 Å². The van der Waals surface area contributed by atoms with E-state index in [-0.39, 0.29) is 74.6 Å². The molecule has 0 fully saturated rings. The van der Waals surface area contributed by atoms with Crippen molar-refractivity contribution in [1.82, 2.24) is 15.0 Å². The Hall–Kier alpha value is -1.78. The number of pyridine rings is 2. The summed E-state index contributed by atoms with van der Waals surface area (Å²) in [5.41, 5.74) is 5.18. The number of fused-ring (bicyclic) bond motifs is 4. The Bertz CT molecular complexity index is 1550. The zero-order chi connectivity index (χ0) is 20.1. The Labute approximate surface area is 241 Å². The van der Waals surface area contributed by atoms with Crippen molar-refractivity contribution in [2.45, 2.75) is 0 Å². The van der Waals surface area contributed by atoms with Crippen LogP contribution in [0.25, 0.3) is 53.9 Å². The van der Waals surface area contributed by atoms with E-state index >= 15 is 0 Å². The summed E-state index contributed by atoms with van der Waals surface area (Å²) in [6.45, 7) is 0. The molecule has 0 amide bonds. The molecule has 0 bridgehead atoms. The van der Waals surface area contributed by atoms with Crippen LogP contribution in [0, 0.1) is 0 Å². The van der Waals surface area contributed by atoms with E-state index in [0.29, 0.717) is 5.56 Å². The molecular formula is C25H16CsN3OS. The van der Waals surface area contributed by atoms with Crippen molar-refractivity contribution in [3.05, 3.63) is 85.1 Å². The summed E-state index contributed by atoms with van der Waals surface area (Å²) in [5, 5.41) is 13.4. The van der Waals surface area contributed by atoms with Crippen LogP contribution in [0.15, 0.2) is 85.1 Å². The number of aromatic nitrogens is 3. The zero-order valence-corrected chi connectivity index (χ0v) is 16.6. The van der Waals surface area contributed by atoms with Gasteiger partial charge in [-0.2, -0.15) is 0 Å². The molecule has 0 saturated carbocycles. The van der Waals surface area contributed by atoms with Crippen LogP contribution in [-0.2, 0) is 0 Å². The van der Waals surface area contributed by atoms with Crippen LogP contribution in [0.5, 0.6) is 5.75 Å². The van der Waals surface area contributed by atoms with Gasteiger partial charge in [-0.3, -0.25) is 4.98 Å². The van der Waals surface area contributed by atoms with Gasteiger partial charge in [-0.1, -0.05) is 36.4 Å². The first-order valence-electron chi connectivity index (χ1n) is 9.60. The Balaban J connectivity index is 0.00000204. The van der Waals surface area contributed by atoms with Gasteiger partial charge in [0.05, 0.1) is 32.5 Å². The summed E-state index contributed by atoms with van der Waals surface area (Å²) in [4.78, 5) is 14.2. The Kier molecular flexibility index (Phi) is 5.87. The monoisotopic (exact) mass is 539 g/mol. The van der Waals surface area contributed by atoms with Crippen LogP contribution in [0.4, 0.5) is 0 Å². The standard InChI is InChI=1S/C25H15N3OS.Cs.H/c29-21-12-10-17(14-18(21)25-28-20-5-1-2-6-22(20)30-25)19-11-9-16-8-7-15-4-3-13-26-23(15)24(16)27-19;;/h1-14,29H;;. The van der Waals surface area contributed by atoms with Crippen LogP contribution in [0.1, 0.15) is 0 Å². The van der Waals surface area contributed by atoms with E-state index in [9.17, 15) is 5.11 Å². The number of benzene rings is 3. The quantitative estimate of drug-likeness (QED) is 0.284. The summed E-state index contributed by atoms with van der Waals surface area (Å²) in [7, 11) is 0. The third-order valence-corrected chi connectivity index (χ3v) is 6.32. The SMILES string of the molecule is Oc1ccc(-c2ccc3ccc4cccnc4c3n2)cc1-c1nc2ccccc2s1.[CsH]. The fourth-order valence-electron chi connectivity index (χ4n) is 3.74. The second kappa shape index (κ2) is 8.63. The van der Waals surface area contributed by atoms with Gasteiger partial charge in [0.1, 0.15) is 10.8 Å². The normalized spacial score (nSPS) is 11.1. The van der Waals surface area contributed by atoms with Gasteiger partial charge >= 0.3 is 68.9 Å². The third kappa shape index (κ3) is 3.83. The number of hydrogen-bond donors (Lipinski definition) is 1. The molecule has 4 nitrogen and oxygen atoms in total. The van der Waals surface area contributed by atoms with E-state index in [4.69, 9.17) is 9.97 Å². The number of nitrogens with zero attached hydrogens (tertiary/aromatic N) is 3. The van der Waals surface area contributed by atoms with Crippen molar-refractivity contribution in [2.75, 3.05) is 0 Å². The first-order chi connectivity index (χ1) is 14.8. The Morgan fingerprint density at radius 3 is 2.42 bits per heavy atom. The maximum atomic E-state index is 10.5. The molecule has 1 N–H and O–H groups in total. The summed E-state index contributed by atoms with van der Waals surface area (Å²) in [6, 6.07) is 25.7. The number of thiazole rings is 1. The molecule has 0 aliphatic heterocycles. The average molecular weight is 539 g/mol. The topological polar surface area (TPSA) is 58.9 Å². The van der Waals surface area contributed by atoms with Gasteiger partial charge in [-0.15, -0.1) is 11.3 Å². The minimum atomic E-state index is 0. The molecule has 6 rings (SSSR count). The molecule has 6 aromatic rings. The van der Waals surface area contributed by atoms with Gasteiger partial charge in [0.15, 0.2) is 0 Å². The Morgan fingerprint density at radius 1 is 0.742 bits per heavy atom. The molecule has 0 unspecified atom stereocenters. The maximum absolute atomic E-state index is 10.5. The molecule has 0 saturated heterocycles. The fourth-order valence-corrected chi connectivity index (χ4v) is 4.73. The number of phenols is 1. The average Bonchev–Trinajstić information content (AvgIpc) is 3.23. The number of rotatable bonds is 2. The van der Waals surface area contributed by atoms with E-state index in [1.165, 1.54) is 0 Å². The molecule has 0 radical (unpaired) electrons. The van der Waals surface area contributed by atoms with E-state index < -0.39 is 0 Å². The van der Waals surface area contributed by atoms with Crippen LogP contribution in [0.3, 0.4) is 0 Å². The third-order valence-electron chi connectivity index (χ3n) is 5.25. The second-order valence-electron chi connectivity index (χ2n) is 7.13. The second-order valence-corrected chi connectivity index (χ2v) is 8.16. The van der Waals surface area contributed by atoms with Crippen LogP contribution in [-0.4, -0.2) is 89.0 Å². The van der Waals surface area contributed by atoms with Crippen molar-refractivity contribution in [3.63, 3.8) is 0 Å². The van der Waals surface area contributed by atoms with Crippen molar-refractivity contribution in [1.29, 1.82) is 0 Å². The molecular weight excluding hydrogens is 523 g/mol. The van der Waals surface area contributed by atoms with Crippen LogP contribution < -0.4 is 0 Å². The molecule has 144 valence electrons. The van der Waals surface area contributed by atoms with Crippen LogP contribution in [0.2, 0.25) is 0 Å². The van der Waals surface area contributed by atoms with Gasteiger partial charge in [0, 0.05) is 22.5 Å². The van der Waals surface area contributed by atoms with E-state index in [2.05, 4.69) is 23.2 Å². The predicted molar refractivity (Wildman–Crippen MR) is 130 cm³/mol. The first-order valence-corrected chi connectivity index (χ1v) is 10.4. The number of phenolic OH excluding ortho intramolecular Hbond substituents is 1. The fraction of sp³-hybridized carbons (Fsp3) is 0. The summed E-state index contributed by atoms with van der Waals surface area (Å²) < 4.78 is 1.10. The van der Waals surface area contributed by atoms with E-state index in [1.54, 1.807) is 23.6 Å². The molecule has 3 aromatic heterocycles. The number of aromatic hydroxyl groups is 1. The Morgan fingerprint density at radius 2 is 1.55 bits per heavy atom.